The normalized spacial score (nSPS) is 21.6. The molecule has 0 aromatic heterocycles. The van der Waals surface area contributed by atoms with Crippen molar-refractivity contribution in [3.8, 4) is 0 Å². The zero-order chi connectivity index (χ0) is 12.9. The molecule has 5 nitrogen and oxygen atoms in total. The largest absolute Gasteiger partial charge is 0.315 e. The molecular weight excluding hydrogens is 238 g/mol. The van der Waals surface area contributed by atoms with Gasteiger partial charge >= 0.3 is 0 Å². The van der Waals surface area contributed by atoms with Crippen LogP contribution in [-0.4, -0.2) is 69.7 Å². The summed E-state index contributed by atoms with van der Waals surface area (Å²) in [4.78, 5) is 2.02. The lowest BCUT2D eigenvalue weighted by atomic mass is 10.4. The summed E-state index contributed by atoms with van der Waals surface area (Å²) in [5.74, 6) is 0. The molecule has 102 valence electrons. The first kappa shape index (κ1) is 14.9. The summed E-state index contributed by atoms with van der Waals surface area (Å²) < 4.78 is 26.5. The van der Waals surface area contributed by atoms with E-state index in [1.807, 2.05) is 25.9 Å². The van der Waals surface area contributed by atoms with E-state index in [1.165, 1.54) is 0 Å². The van der Waals surface area contributed by atoms with Gasteiger partial charge in [-0.3, -0.25) is 0 Å². The maximum atomic E-state index is 12.4. The number of rotatable bonds is 7. The van der Waals surface area contributed by atoms with Crippen molar-refractivity contribution in [1.82, 2.24) is 14.5 Å². The van der Waals surface area contributed by atoms with Crippen LogP contribution in [0.1, 0.15) is 19.8 Å². The Labute approximate surface area is 105 Å². The van der Waals surface area contributed by atoms with E-state index in [4.69, 9.17) is 0 Å². The molecule has 0 amide bonds. The van der Waals surface area contributed by atoms with Crippen molar-refractivity contribution in [3.05, 3.63) is 0 Å². The number of likely N-dealkylation sites (N-methyl/N-ethyl adjacent to an activating group) is 1. The molecule has 1 fully saturated rings. The molecular formula is C11H25N3O2S. The molecule has 0 spiro atoms. The van der Waals surface area contributed by atoms with Crippen LogP contribution < -0.4 is 5.32 Å². The van der Waals surface area contributed by atoms with Crippen molar-refractivity contribution in [3.63, 3.8) is 0 Å². The van der Waals surface area contributed by atoms with Crippen LogP contribution in [0.2, 0.25) is 0 Å². The molecule has 1 aliphatic heterocycles. The van der Waals surface area contributed by atoms with Crippen LogP contribution in [0.25, 0.3) is 0 Å². The highest BCUT2D eigenvalue weighted by Gasteiger charge is 2.33. The Morgan fingerprint density at radius 3 is 2.41 bits per heavy atom. The van der Waals surface area contributed by atoms with Crippen LogP contribution in [0.15, 0.2) is 0 Å². The van der Waals surface area contributed by atoms with Crippen molar-refractivity contribution in [2.24, 2.45) is 0 Å². The highest BCUT2D eigenvalue weighted by molar-refractivity contribution is 7.89. The highest BCUT2D eigenvalue weighted by atomic mass is 32.2. The lowest BCUT2D eigenvalue weighted by Gasteiger charge is -2.26. The third kappa shape index (κ3) is 4.21. The Kier molecular flexibility index (Phi) is 5.85. The minimum absolute atomic E-state index is 0.226. The Morgan fingerprint density at radius 1 is 1.24 bits per heavy atom. The van der Waals surface area contributed by atoms with E-state index in [0.717, 1.165) is 25.9 Å². The molecule has 1 atom stereocenters. The molecule has 1 rings (SSSR count). The second-order valence-corrected chi connectivity index (χ2v) is 7.08. The number of sulfonamides is 1. The van der Waals surface area contributed by atoms with Crippen molar-refractivity contribution >= 4 is 10.0 Å². The number of hydrogen-bond donors (Lipinski definition) is 1. The standard InChI is InChI=1S/C11H25N3O2S/c1-4-7-14(9-8-13(2)3)17(15,16)11-5-6-12-10-11/h11-12H,4-10H2,1-3H3. The van der Waals surface area contributed by atoms with Crippen LogP contribution in [0.3, 0.4) is 0 Å². The van der Waals surface area contributed by atoms with Crippen molar-refractivity contribution in [2.75, 3.05) is 46.8 Å². The molecule has 0 aromatic carbocycles. The fraction of sp³-hybridized carbons (Fsp3) is 1.00. The van der Waals surface area contributed by atoms with Gasteiger partial charge in [-0.15, -0.1) is 0 Å². The Balaban J connectivity index is 2.66. The first-order chi connectivity index (χ1) is 7.98. The first-order valence-electron chi connectivity index (χ1n) is 6.33. The van der Waals surface area contributed by atoms with Gasteiger partial charge in [0, 0.05) is 26.2 Å². The van der Waals surface area contributed by atoms with Crippen molar-refractivity contribution in [2.45, 2.75) is 25.0 Å². The van der Waals surface area contributed by atoms with E-state index >= 15 is 0 Å². The molecule has 0 saturated carbocycles. The van der Waals surface area contributed by atoms with Gasteiger partial charge in [0.2, 0.25) is 10.0 Å². The SMILES string of the molecule is CCCN(CCN(C)C)S(=O)(=O)C1CCNC1. The summed E-state index contributed by atoms with van der Waals surface area (Å²) in [5.41, 5.74) is 0. The van der Waals surface area contributed by atoms with Gasteiger partial charge < -0.3 is 10.2 Å². The molecule has 0 aromatic rings. The summed E-state index contributed by atoms with van der Waals surface area (Å²) in [6, 6.07) is 0. The minimum Gasteiger partial charge on any atom is -0.315 e. The monoisotopic (exact) mass is 263 g/mol. The van der Waals surface area contributed by atoms with Gasteiger partial charge in [0.05, 0.1) is 5.25 Å². The maximum Gasteiger partial charge on any atom is 0.218 e. The molecule has 0 bridgehead atoms. The smallest absolute Gasteiger partial charge is 0.218 e. The summed E-state index contributed by atoms with van der Waals surface area (Å²) in [6.45, 7) is 5.44. The van der Waals surface area contributed by atoms with E-state index in [2.05, 4.69) is 5.32 Å². The predicted octanol–water partition coefficient (Wildman–Crippen LogP) is -0.0483. The Bertz CT molecular complexity index is 311. The molecule has 0 radical (unpaired) electrons. The number of nitrogens with zero attached hydrogens (tertiary/aromatic N) is 2. The van der Waals surface area contributed by atoms with E-state index in [9.17, 15) is 8.42 Å². The van der Waals surface area contributed by atoms with Gasteiger partial charge in [-0.25, -0.2) is 12.7 Å². The predicted molar refractivity (Wildman–Crippen MR) is 70.6 cm³/mol. The fourth-order valence-corrected chi connectivity index (χ4v) is 3.96. The maximum absolute atomic E-state index is 12.4. The van der Waals surface area contributed by atoms with E-state index in [-0.39, 0.29) is 5.25 Å². The minimum atomic E-state index is -3.11. The Hall–Kier alpha value is -0.170. The van der Waals surface area contributed by atoms with E-state index < -0.39 is 10.0 Å². The average Bonchev–Trinajstić information content (AvgIpc) is 2.77. The molecule has 1 aliphatic rings. The molecule has 1 unspecified atom stereocenters. The topological polar surface area (TPSA) is 52.7 Å². The van der Waals surface area contributed by atoms with Gasteiger partial charge in [0.1, 0.15) is 0 Å². The van der Waals surface area contributed by atoms with Crippen LogP contribution >= 0.6 is 0 Å². The zero-order valence-corrected chi connectivity index (χ0v) is 12.0. The van der Waals surface area contributed by atoms with Crippen LogP contribution in [0, 0.1) is 0 Å². The zero-order valence-electron chi connectivity index (χ0n) is 11.1. The van der Waals surface area contributed by atoms with Gasteiger partial charge in [-0.1, -0.05) is 6.92 Å². The fourth-order valence-electron chi connectivity index (χ4n) is 2.02. The lowest BCUT2D eigenvalue weighted by Crippen LogP contribution is -2.43. The first-order valence-corrected chi connectivity index (χ1v) is 7.83. The summed E-state index contributed by atoms with van der Waals surface area (Å²) in [7, 11) is 0.818. The van der Waals surface area contributed by atoms with E-state index in [1.54, 1.807) is 4.31 Å². The molecule has 1 heterocycles. The highest BCUT2D eigenvalue weighted by Crippen LogP contribution is 2.15. The van der Waals surface area contributed by atoms with Gasteiger partial charge in [0.25, 0.3) is 0 Å². The third-order valence-corrected chi connectivity index (χ3v) is 5.40. The number of hydrogen-bond acceptors (Lipinski definition) is 4. The second-order valence-electron chi connectivity index (χ2n) is 4.86. The van der Waals surface area contributed by atoms with Crippen LogP contribution in [-0.2, 0) is 10.0 Å². The quantitative estimate of drug-likeness (QED) is 0.700. The summed E-state index contributed by atoms with van der Waals surface area (Å²) in [5, 5.41) is 2.90. The van der Waals surface area contributed by atoms with Crippen LogP contribution in [0.5, 0.6) is 0 Å². The number of nitrogens with one attached hydrogen (secondary N) is 1. The third-order valence-electron chi connectivity index (χ3n) is 3.07. The van der Waals surface area contributed by atoms with Gasteiger partial charge in [-0.2, -0.15) is 0 Å². The molecule has 0 aliphatic carbocycles. The summed E-state index contributed by atoms with van der Waals surface area (Å²) in [6.07, 6.45) is 1.61. The van der Waals surface area contributed by atoms with Crippen molar-refractivity contribution in [1.29, 1.82) is 0 Å². The van der Waals surface area contributed by atoms with Crippen molar-refractivity contribution < 1.29 is 8.42 Å². The average molecular weight is 263 g/mol. The molecule has 6 heteroatoms. The second kappa shape index (κ2) is 6.68. The molecule has 1 N–H and O–H groups in total. The molecule has 17 heavy (non-hydrogen) atoms. The molecule has 1 saturated heterocycles. The summed E-state index contributed by atoms with van der Waals surface area (Å²) >= 11 is 0. The van der Waals surface area contributed by atoms with Gasteiger partial charge in [-0.05, 0) is 33.5 Å². The lowest BCUT2D eigenvalue weighted by molar-refractivity contribution is 0.330. The van der Waals surface area contributed by atoms with Gasteiger partial charge in [0.15, 0.2) is 0 Å². The Morgan fingerprint density at radius 2 is 1.94 bits per heavy atom. The van der Waals surface area contributed by atoms with E-state index in [0.29, 0.717) is 19.6 Å². The van der Waals surface area contributed by atoms with Crippen LogP contribution in [0.4, 0.5) is 0 Å².